The summed E-state index contributed by atoms with van der Waals surface area (Å²) < 4.78 is 3.88. The van der Waals surface area contributed by atoms with Gasteiger partial charge in [-0.3, -0.25) is 0 Å². The first-order valence-corrected chi connectivity index (χ1v) is 5.97. The molecule has 0 spiro atoms. The average molecular weight is 206 g/mol. The van der Waals surface area contributed by atoms with Crippen LogP contribution in [0.3, 0.4) is 0 Å². The van der Waals surface area contributed by atoms with Crippen LogP contribution in [0.2, 0.25) is 4.44 Å². The molecule has 2 radical (unpaired) electrons. The van der Waals surface area contributed by atoms with Gasteiger partial charge in [-0.1, -0.05) is 0 Å². The number of nitrogens with zero attached hydrogens (tertiary/aromatic N) is 1. The van der Waals surface area contributed by atoms with E-state index < -0.39 is 0 Å². The first kappa shape index (κ1) is 7.76. The Morgan fingerprint density at radius 2 is 2.00 bits per heavy atom. The molecular weight excluding hydrogens is 193 g/mol. The molecule has 1 nitrogen and oxygen atoms in total. The summed E-state index contributed by atoms with van der Waals surface area (Å²) >= 11 is -0.0565. The normalized spacial score (nSPS) is 10.3. The van der Waals surface area contributed by atoms with E-state index in [0.717, 1.165) is 0 Å². The van der Waals surface area contributed by atoms with E-state index in [9.17, 15) is 0 Å². The number of rotatable bonds is 3. The fourth-order valence-corrected chi connectivity index (χ4v) is 2.25. The second kappa shape index (κ2) is 4.91. The monoisotopic (exact) mass is 207 g/mol. The summed E-state index contributed by atoms with van der Waals surface area (Å²) in [6.45, 7) is 2.25. The van der Waals surface area contributed by atoms with Crippen molar-refractivity contribution in [3.05, 3.63) is 0 Å². The average Bonchev–Trinajstić information content (AvgIpc) is 1.61. The summed E-state index contributed by atoms with van der Waals surface area (Å²) in [5, 5.41) is 0. The van der Waals surface area contributed by atoms with E-state index in [1.165, 1.54) is 10.9 Å². The maximum atomic E-state index is 2.38. The molecule has 0 unspecified atom stereocenters. The molecule has 0 aromatic heterocycles. The van der Waals surface area contributed by atoms with Crippen LogP contribution >= 0.6 is 0 Å². The SMILES string of the molecule is CC[CH2][Sn][N](C)C. The minimum atomic E-state index is -0.0565. The van der Waals surface area contributed by atoms with Crippen molar-refractivity contribution >= 4 is 21.4 Å². The summed E-state index contributed by atoms with van der Waals surface area (Å²) in [7, 11) is 4.36. The van der Waals surface area contributed by atoms with Gasteiger partial charge in [0, 0.05) is 0 Å². The predicted molar refractivity (Wildman–Crippen MR) is 34.5 cm³/mol. The summed E-state index contributed by atoms with van der Waals surface area (Å²) in [4.78, 5) is 0. The van der Waals surface area contributed by atoms with Crippen molar-refractivity contribution in [1.82, 2.24) is 3.12 Å². The van der Waals surface area contributed by atoms with E-state index in [1.54, 1.807) is 0 Å². The molecule has 0 aliphatic carbocycles. The van der Waals surface area contributed by atoms with Crippen LogP contribution in [0.4, 0.5) is 0 Å². The predicted octanol–water partition coefficient (Wildman–Crippen LogP) is 0.995. The van der Waals surface area contributed by atoms with Gasteiger partial charge in [0.05, 0.1) is 0 Å². The van der Waals surface area contributed by atoms with Crippen molar-refractivity contribution in [1.29, 1.82) is 0 Å². The Labute approximate surface area is 56.7 Å². The third kappa shape index (κ3) is 6.76. The van der Waals surface area contributed by atoms with E-state index in [-0.39, 0.29) is 21.4 Å². The summed E-state index contributed by atoms with van der Waals surface area (Å²) in [6.07, 6.45) is 1.38. The van der Waals surface area contributed by atoms with Crippen LogP contribution < -0.4 is 0 Å². The molecule has 0 heterocycles. The number of hydrogen-bond donors (Lipinski definition) is 0. The molecule has 0 aromatic rings. The van der Waals surface area contributed by atoms with Gasteiger partial charge in [-0.05, 0) is 0 Å². The maximum absolute atomic E-state index is 2.38. The molecule has 0 aliphatic rings. The van der Waals surface area contributed by atoms with Gasteiger partial charge < -0.3 is 0 Å². The van der Waals surface area contributed by atoms with Crippen LogP contribution in [-0.2, 0) is 0 Å². The summed E-state index contributed by atoms with van der Waals surface area (Å²) in [5.74, 6) is 0. The Morgan fingerprint density at radius 3 is 2.14 bits per heavy atom. The summed E-state index contributed by atoms with van der Waals surface area (Å²) in [5.41, 5.74) is 0. The molecule has 7 heavy (non-hydrogen) atoms. The van der Waals surface area contributed by atoms with Crippen molar-refractivity contribution in [2.45, 2.75) is 17.8 Å². The molecule has 0 saturated carbocycles. The molecule has 0 bridgehead atoms. The van der Waals surface area contributed by atoms with Crippen molar-refractivity contribution < 1.29 is 0 Å². The zero-order valence-corrected chi connectivity index (χ0v) is 8.22. The van der Waals surface area contributed by atoms with E-state index in [0.29, 0.717) is 0 Å². The molecule has 42 valence electrons. The van der Waals surface area contributed by atoms with E-state index >= 15 is 0 Å². The van der Waals surface area contributed by atoms with Gasteiger partial charge in [0.25, 0.3) is 0 Å². The topological polar surface area (TPSA) is 3.24 Å². The Morgan fingerprint density at radius 1 is 1.43 bits per heavy atom. The van der Waals surface area contributed by atoms with Gasteiger partial charge >= 0.3 is 56.4 Å². The first-order chi connectivity index (χ1) is 3.27. The van der Waals surface area contributed by atoms with Crippen LogP contribution in [0, 0.1) is 0 Å². The van der Waals surface area contributed by atoms with Crippen molar-refractivity contribution in [3.8, 4) is 0 Å². The second-order valence-corrected chi connectivity index (χ2v) is 6.68. The zero-order chi connectivity index (χ0) is 5.70. The molecule has 0 aliphatic heterocycles. The Balaban J connectivity index is 2.68. The fraction of sp³-hybridized carbons (Fsp3) is 1.00. The molecule has 0 fully saturated rings. The third-order valence-electron chi connectivity index (χ3n) is 0.678. The van der Waals surface area contributed by atoms with Gasteiger partial charge in [0.15, 0.2) is 0 Å². The van der Waals surface area contributed by atoms with Gasteiger partial charge in [-0.25, -0.2) is 0 Å². The standard InChI is InChI=1S/C3H7.C2H6N.Sn/c2*1-3-2;/h1,3H2,2H3;1-2H3;/q;-1;+1. The minimum absolute atomic E-state index is 0.0565. The molecule has 0 aromatic carbocycles. The zero-order valence-electron chi connectivity index (χ0n) is 5.36. The number of hydrogen-bond acceptors (Lipinski definition) is 1. The van der Waals surface area contributed by atoms with Gasteiger partial charge in [-0.2, -0.15) is 0 Å². The fourth-order valence-electron chi connectivity index (χ4n) is 0.335. The van der Waals surface area contributed by atoms with E-state index in [1.807, 2.05) is 0 Å². The second-order valence-electron chi connectivity index (χ2n) is 1.80. The van der Waals surface area contributed by atoms with Gasteiger partial charge in [0.2, 0.25) is 0 Å². The van der Waals surface area contributed by atoms with Crippen molar-refractivity contribution in [2.75, 3.05) is 14.1 Å². The molecule has 0 atom stereocenters. The molecule has 0 saturated heterocycles. The van der Waals surface area contributed by atoms with Crippen LogP contribution in [0.25, 0.3) is 0 Å². The van der Waals surface area contributed by atoms with Crippen molar-refractivity contribution in [2.24, 2.45) is 0 Å². The third-order valence-corrected chi connectivity index (χ3v) is 4.55. The van der Waals surface area contributed by atoms with Gasteiger partial charge in [0.1, 0.15) is 0 Å². The Kier molecular flexibility index (Phi) is 5.44. The van der Waals surface area contributed by atoms with Gasteiger partial charge in [-0.15, -0.1) is 0 Å². The van der Waals surface area contributed by atoms with Crippen LogP contribution in [-0.4, -0.2) is 38.6 Å². The van der Waals surface area contributed by atoms with Crippen LogP contribution in [0.1, 0.15) is 13.3 Å². The van der Waals surface area contributed by atoms with E-state index in [4.69, 9.17) is 0 Å². The Bertz CT molecular complexity index is 37.1. The Hall–Kier alpha value is 0.759. The van der Waals surface area contributed by atoms with Crippen LogP contribution in [0.5, 0.6) is 0 Å². The van der Waals surface area contributed by atoms with Crippen molar-refractivity contribution in [3.63, 3.8) is 0 Å². The summed E-state index contributed by atoms with van der Waals surface area (Å²) in [6, 6.07) is 0. The first-order valence-electron chi connectivity index (χ1n) is 2.68. The molecule has 0 rings (SSSR count). The van der Waals surface area contributed by atoms with Crippen LogP contribution in [0.15, 0.2) is 0 Å². The molecule has 2 heteroatoms. The molecule has 0 amide bonds. The quantitative estimate of drug-likeness (QED) is 0.622. The van der Waals surface area contributed by atoms with E-state index in [2.05, 4.69) is 24.1 Å². The molecular formula is C5H13NSn. The molecule has 0 N–H and O–H groups in total.